The third-order valence-corrected chi connectivity index (χ3v) is 3.66. The number of carbonyl (C=O) groups excluding carboxylic acids is 1. The van der Waals surface area contributed by atoms with Crippen LogP contribution in [-0.2, 0) is 4.74 Å². The molecule has 1 aromatic carbocycles. The van der Waals surface area contributed by atoms with E-state index >= 15 is 0 Å². The highest BCUT2D eigenvalue weighted by atomic mass is 16.5. The Morgan fingerprint density at radius 1 is 1.45 bits per heavy atom. The van der Waals surface area contributed by atoms with E-state index < -0.39 is 0 Å². The van der Waals surface area contributed by atoms with Crippen LogP contribution >= 0.6 is 0 Å². The molecule has 0 radical (unpaired) electrons. The molecule has 1 fully saturated rings. The second kappa shape index (κ2) is 5.83. The summed E-state index contributed by atoms with van der Waals surface area (Å²) in [7, 11) is 0. The fourth-order valence-corrected chi connectivity index (χ4v) is 2.56. The van der Waals surface area contributed by atoms with Crippen molar-refractivity contribution in [2.24, 2.45) is 0 Å². The Balaban J connectivity index is 2.32. The lowest BCUT2D eigenvalue weighted by Crippen LogP contribution is -2.55. The van der Waals surface area contributed by atoms with E-state index in [4.69, 9.17) is 4.74 Å². The fraction of sp³-hybridized carbons (Fsp3) is 0.562. The zero-order valence-corrected chi connectivity index (χ0v) is 12.8. The van der Waals surface area contributed by atoms with Gasteiger partial charge in [0.2, 0.25) is 0 Å². The first-order valence-corrected chi connectivity index (χ1v) is 7.20. The van der Waals surface area contributed by atoms with E-state index in [2.05, 4.69) is 5.32 Å². The highest BCUT2D eigenvalue weighted by Crippen LogP contribution is 2.25. The van der Waals surface area contributed by atoms with Gasteiger partial charge in [-0.3, -0.25) is 4.79 Å². The van der Waals surface area contributed by atoms with Gasteiger partial charge in [-0.1, -0.05) is 6.07 Å². The summed E-state index contributed by atoms with van der Waals surface area (Å²) in [5.74, 6) is 0.0780. The Labute approximate surface area is 121 Å². The third kappa shape index (κ3) is 2.96. The van der Waals surface area contributed by atoms with Crippen molar-refractivity contribution in [3.05, 3.63) is 29.3 Å². The van der Waals surface area contributed by atoms with Gasteiger partial charge >= 0.3 is 0 Å². The Morgan fingerprint density at radius 2 is 2.20 bits per heavy atom. The molecule has 2 rings (SSSR count). The minimum atomic E-state index is -0.260. The lowest BCUT2D eigenvalue weighted by molar-refractivity contribution is -0.0370. The van der Waals surface area contributed by atoms with E-state index in [-0.39, 0.29) is 11.4 Å². The van der Waals surface area contributed by atoms with Crippen LogP contribution in [0.4, 0.5) is 5.69 Å². The number of ether oxygens (including phenoxy) is 1. The predicted molar refractivity (Wildman–Crippen MR) is 81.3 cm³/mol. The molecule has 110 valence electrons. The summed E-state index contributed by atoms with van der Waals surface area (Å²) < 4.78 is 5.49. The molecule has 1 aromatic rings. The van der Waals surface area contributed by atoms with Crippen LogP contribution in [-0.4, -0.2) is 42.6 Å². The first-order valence-electron chi connectivity index (χ1n) is 7.20. The van der Waals surface area contributed by atoms with Crippen molar-refractivity contribution in [1.82, 2.24) is 4.90 Å². The Morgan fingerprint density at radius 3 is 2.85 bits per heavy atom. The number of hydrogen-bond donors (Lipinski definition) is 1. The summed E-state index contributed by atoms with van der Waals surface area (Å²) in [6.07, 6.45) is 0. The summed E-state index contributed by atoms with van der Waals surface area (Å²) in [6, 6.07) is 5.94. The SMILES string of the molecule is CCNc1cc(C)ccc1C(=O)N1CCOCC1(C)C. The zero-order valence-electron chi connectivity index (χ0n) is 12.8. The van der Waals surface area contributed by atoms with Gasteiger partial charge in [0.15, 0.2) is 0 Å². The quantitative estimate of drug-likeness (QED) is 0.923. The second-order valence-electron chi connectivity index (χ2n) is 5.90. The normalized spacial score (nSPS) is 17.9. The van der Waals surface area contributed by atoms with E-state index in [1.165, 1.54) is 0 Å². The van der Waals surface area contributed by atoms with Crippen molar-refractivity contribution >= 4 is 11.6 Å². The molecule has 1 aliphatic rings. The molecular formula is C16H24N2O2. The van der Waals surface area contributed by atoms with Crippen molar-refractivity contribution in [2.45, 2.75) is 33.2 Å². The topological polar surface area (TPSA) is 41.6 Å². The summed E-state index contributed by atoms with van der Waals surface area (Å²) in [5.41, 5.74) is 2.55. The zero-order chi connectivity index (χ0) is 14.8. The number of morpholine rings is 1. The molecular weight excluding hydrogens is 252 g/mol. The fourth-order valence-electron chi connectivity index (χ4n) is 2.56. The van der Waals surface area contributed by atoms with Crippen LogP contribution in [0.5, 0.6) is 0 Å². The van der Waals surface area contributed by atoms with Crippen molar-refractivity contribution in [1.29, 1.82) is 0 Å². The van der Waals surface area contributed by atoms with Crippen LogP contribution in [0.3, 0.4) is 0 Å². The number of benzene rings is 1. The first-order chi connectivity index (χ1) is 9.45. The smallest absolute Gasteiger partial charge is 0.256 e. The molecule has 1 saturated heterocycles. The lowest BCUT2D eigenvalue weighted by atomic mass is 9.99. The molecule has 1 N–H and O–H groups in total. The Hall–Kier alpha value is -1.55. The van der Waals surface area contributed by atoms with E-state index in [0.29, 0.717) is 19.8 Å². The maximum absolute atomic E-state index is 12.9. The maximum atomic E-state index is 12.9. The van der Waals surface area contributed by atoms with Crippen molar-refractivity contribution < 1.29 is 9.53 Å². The molecule has 0 atom stereocenters. The number of aryl methyl sites for hydroxylation is 1. The summed E-state index contributed by atoms with van der Waals surface area (Å²) in [4.78, 5) is 14.8. The van der Waals surface area contributed by atoms with Gasteiger partial charge in [0, 0.05) is 18.8 Å². The lowest BCUT2D eigenvalue weighted by Gasteiger charge is -2.42. The van der Waals surface area contributed by atoms with Crippen molar-refractivity contribution in [3.8, 4) is 0 Å². The molecule has 0 saturated carbocycles. The molecule has 1 amide bonds. The van der Waals surface area contributed by atoms with Gasteiger partial charge in [-0.15, -0.1) is 0 Å². The van der Waals surface area contributed by atoms with Gasteiger partial charge in [-0.05, 0) is 45.4 Å². The minimum absolute atomic E-state index is 0.0780. The summed E-state index contributed by atoms with van der Waals surface area (Å²) in [6.45, 7) is 10.8. The number of carbonyl (C=O) groups is 1. The molecule has 4 heteroatoms. The molecule has 0 spiro atoms. The molecule has 4 nitrogen and oxygen atoms in total. The standard InChI is InChI=1S/C16H24N2O2/c1-5-17-14-10-12(2)6-7-13(14)15(19)18-8-9-20-11-16(18,3)4/h6-7,10,17H,5,8-9,11H2,1-4H3. The van der Waals surface area contributed by atoms with Crippen molar-refractivity contribution in [2.75, 3.05) is 31.6 Å². The highest BCUT2D eigenvalue weighted by molar-refractivity contribution is 6.00. The largest absolute Gasteiger partial charge is 0.385 e. The van der Waals surface area contributed by atoms with E-state index in [1.807, 2.05) is 50.8 Å². The summed E-state index contributed by atoms with van der Waals surface area (Å²) >= 11 is 0. The molecule has 0 aliphatic carbocycles. The van der Waals surface area contributed by atoms with Crippen LogP contribution < -0.4 is 5.32 Å². The summed E-state index contributed by atoms with van der Waals surface area (Å²) in [5, 5.41) is 3.29. The molecule has 1 aliphatic heterocycles. The van der Waals surface area contributed by atoms with Crippen LogP contribution in [0, 0.1) is 6.92 Å². The Kier molecular flexibility index (Phi) is 4.33. The van der Waals surface area contributed by atoms with E-state index in [9.17, 15) is 4.79 Å². The van der Waals surface area contributed by atoms with Gasteiger partial charge in [0.05, 0.1) is 24.3 Å². The molecule has 20 heavy (non-hydrogen) atoms. The molecule has 0 unspecified atom stereocenters. The van der Waals surface area contributed by atoms with Crippen LogP contribution in [0.2, 0.25) is 0 Å². The van der Waals surface area contributed by atoms with Gasteiger partial charge in [0.25, 0.3) is 5.91 Å². The number of nitrogens with zero attached hydrogens (tertiary/aromatic N) is 1. The van der Waals surface area contributed by atoms with Crippen LogP contribution in [0.15, 0.2) is 18.2 Å². The van der Waals surface area contributed by atoms with Gasteiger partial charge in [0.1, 0.15) is 0 Å². The van der Waals surface area contributed by atoms with E-state index in [1.54, 1.807) is 0 Å². The molecule has 0 bridgehead atoms. The molecule has 1 heterocycles. The molecule has 0 aromatic heterocycles. The average Bonchev–Trinajstić information content (AvgIpc) is 2.38. The average molecular weight is 276 g/mol. The van der Waals surface area contributed by atoms with E-state index in [0.717, 1.165) is 23.4 Å². The number of anilines is 1. The maximum Gasteiger partial charge on any atom is 0.256 e. The number of nitrogens with one attached hydrogen (secondary N) is 1. The monoisotopic (exact) mass is 276 g/mol. The van der Waals surface area contributed by atoms with Crippen LogP contribution in [0.1, 0.15) is 36.7 Å². The van der Waals surface area contributed by atoms with Crippen molar-refractivity contribution in [3.63, 3.8) is 0 Å². The third-order valence-electron chi connectivity index (χ3n) is 3.66. The van der Waals surface area contributed by atoms with Gasteiger partial charge in [-0.25, -0.2) is 0 Å². The number of rotatable bonds is 3. The minimum Gasteiger partial charge on any atom is -0.385 e. The Bertz CT molecular complexity index is 497. The first kappa shape index (κ1) is 14.9. The second-order valence-corrected chi connectivity index (χ2v) is 5.90. The van der Waals surface area contributed by atoms with Gasteiger partial charge < -0.3 is 15.0 Å². The number of hydrogen-bond acceptors (Lipinski definition) is 3. The van der Waals surface area contributed by atoms with Gasteiger partial charge in [-0.2, -0.15) is 0 Å². The van der Waals surface area contributed by atoms with Crippen LogP contribution in [0.25, 0.3) is 0 Å². The highest BCUT2D eigenvalue weighted by Gasteiger charge is 2.35. The predicted octanol–water partition coefficient (Wildman–Crippen LogP) is 2.68. The number of amides is 1.